The van der Waals surface area contributed by atoms with Crippen LogP contribution in [0.1, 0.15) is 35.1 Å². The van der Waals surface area contributed by atoms with E-state index < -0.39 is 0 Å². The van der Waals surface area contributed by atoms with Gasteiger partial charge < -0.3 is 10.2 Å². The molecule has 4 rings (SSSR count). The number of nitrogens with one attached hydrogen (secondary N) is 1. The second-order valence-electron chi connectivity index (χ2n) is 7.50. The number of likely N-dealkylation sites (tertiary alicyclic amines) is 1. The van der Waals surface area contributed by atoms with E-state index in [1.165, 1.54) is 0 Å². The molecule has 0 saturated carbocycles. The van der Waals surface area contributed by atoms with E-state index in [0.29, 0.717) is 18.9 Å². The van der Waals surface area contributed by atoms with Crippen molar-refractivity contribution in [3.63, 3.8) is 0 Å². The van der Waals surface area contributed by atoms with Gasteiger partial charge in [0.2, 0.25) is 5.91 Å². The Hall–Kier alpha value is -3.55. The molecule has 0 radical (unpaired) electrons. The molecule has 3 aromatic heterocycles. The fourth-order valence-electron chi connectivity index (χ4n) is 3.61. The molecule has 0 aromatic carbocycles. The topological polar surface area (TPSA) is 88.8 Å². The molecule has 4 heterocycles. The molecule has 8 nitrogen and oxygen atoms in total. The lowest BCUT2D eigenvalue weighted by Gasteiger charge is -2.15. The number of carbonyl (C=O) groups excluding carboxylic acids is 1. The van der Waals surface area contributed by atoms with Gasteiger partial charge in [0.1, 0.15) is 17.5 Å². The molecule has 8 heteroatoms. The number of carbonyl (C=O) groups is 1. The van der Waals surface area contributed by atoms with Gasteiger partial charge in [-0.05, 0) is 44.0 Å². The highest BCUT2D eigenvalue weighted by Gasteiger charge is 2.28. The van der Waals surface area contributed by atoms with E-state index in [2.05, 4.69) is 25.4 Å². The first-order valence-electron chi connectivity index (χ1n) is 9.99. The molecule has 0 aliphatic carbocycles. The number of hydrogen-bond acceptors (Lipinski definition) is 6. The average Bonchev–Trinajstić information content (AvgIpc) is 3.37. The number of anilines is 2. The third-order valence-corrected chi connectivity index (χ3v) is 5.29. The first-order chi connectivity index (χ1) is 14.5. The smallest absolute Gasteiger partial charge is 0.246 e. The summed E-state index contributed by atoms with van der Waals surface area (Å²) in [6.45, 7) is 5.25. The highest BCUT2D eigenvalue weighted by Crippen LogP contribution is 2.28. The second-order valence-corrected chi connectivity index (χ2v) is 7.50. The molecule has 1 fully saturated rings. The van der Waals surface area contributed by atoms with Gasteiger partial charge >= 0.3 is 0 Å². The van der Waals surface area contributed by atoms with Crippen LogP contribution in [0.25, 0.3) is 6.08 Å². The largest absolute Gasteiger partial charge is 0.338 e. The molecule has 1 saturated heterocycles. The summed E-state index contributed by atoms with van der Waals surface area (Å²) in [5.41, 5.74) is 2.89. The monoisotopic (exact) mass is 403 g/mol. The number of pyridine rings is 1. The van der Waals surface area contributed by atoms with E-state index in [4.69, 9.17) is 0 Å². The lowest BCUT2D eigenvalue weighted by molar-refractivity contribution is -0.124. The first-order valence-corrected chi connectivity index (χ1v) is 9.99. The van der Waals surface area contributed by atoms with Crippen molar-refractivity contribution in [3.05, 3.63) is 65.5 Å². The van der Waals surface area contributed by atoms with Crippen LogP contribution in [0, 0.1) is 13.8 Å². The van der Waals surface area contributed by atoms with E-state index in [0.717, 1.165) is 35.0 Å². The molecule has 1 amide bonds. The summed E-state index contributed by atoms with van der Waals surface area (Å²) >= 11 is 0. The SMILES string of the molecule is Cc1nc(Nc2ncccc2C)cc(C2CCN(C(=O)C=Cc3ccnn3C)C2)n1. The van der Waals surface area contributed by atoms with Crippen molar-refractivity contribution in [2.24, 2.45) is 7.05 Å². The Kier molecular flexibility index (Phi) is 5.56. The van der Waals surface area contributed by atoms with Crippen LogP contribution in [-0.2, 0) is 11.8 Å². The second kappa shape index (κ2) is 8.44. The number of nitrogens with zero attached hydrogens (tertiary/aromatic N) is 6. The van der Waals surface area contributed by atoms with Crippen molar-refractivity contribution in [1.29, 1.82) is 0 Å². The van der Waals surface area contributed by atoms with E-state index in [9.17, 15) is 4.79 Å². The van der Waals surface area contributed by atoms with Gasteiger partial charge in [-0.1, -0.05) is 6.07 Å². The number of aromatic nitrogens is 5. The van der Waals surface area contributed by atoms with Crippen LogP contribution in [-0.4, -0.2) is 48.6 Å². The lowest BCUT2D eigenvalue weighted by Crippen LogP contribution is -2.26. The summed E-state index contributed by atoms with van der Waals surface area (Å²) in [5, 5.41) is 7.40. The number of hydrogen-bond donors (Lipinski definition) is 1. The molecule has 1 N–H and O–H groups in total. The molecule has 1 aliphatic rings. The molecule has 154 valence electrons. The zero-order valence-electron chi connectivity index (χ0n) is 17.4. The van der Waals surface area contributed by atoms with Crippen LogP contribution in [0.3, 0.4) is 0 Å². The Morgan fingerprint density at radius 3 is 2.87 bits per heavy atom. The Morgan fingerprint density at radius 2 is 2.10 bits per heavy atom. The maximum absolute atomic E-state index is 12.6. The van der Waals surface area contributed by atoms with Gasteiger partial charge in [0.15, 0.2) is 0 Å². The highest BCUT2D eigenvalue weighted by molar-refractivity contribution is 5.91. The van der Waals surface area contributed by atoms with Gasteiger partial charge in [0, 0.05) is 50.6 Å². The van der Waals surface area contributed by atoms with E-state index in [1.807, 2.05) is 50.1 Å². The van der Waals surface area contributed by atoms with Crippen molar-refractivity contribution < 1.29 is 4.79 Å². The van der Waals surface area contributed by atoms with E-state index in [1.54, 1.807) is 29.2 Å². The molecule has 3 aromatic rings. The van der Waals surface area contributed by atoms with E-state index in [-0.39, 0.29) is 11.8 Å². The van der Waals surface area contributed by atoms with Crippen LogP contribution in [0.2, 0.25) is 0 Å². The van der Waals surface area contributed by atoms with Gasteiger partial charge in [-0.15, -0.1) is 0 Å². The van der Waals surface area contributed by atoms with Gasteiger partial charge in [-0.3, -0.25) is 9.48 Å². The Morgan fingerprint density at radius 1 is 1.23 bits per heavy atom. The molecule has 1 atom stereocenters. The predicted molar refractivity (Wildman–Crippen MR) is 115 cm³/mol. The van der Waals surface area contributed by atoms with Crippen molar-refractivity contribution in [3.8, 4) is 0 Å². The highest BCUT2D eigenvalue weighted by atomic mass is 16.2. The van der Waals surface area contributed by atoms with E-state index >= 15 is 0 Å². The summed E-state index contributed by atoms with van der Waals surface area (Å²) in [4.78, 5) is 28.0. The van der Waals surface area contributed by atoms with Crippen molar-refractivity contribution >= 4 is 23.6 Å². The zero-order chi connectivity index (χ0) is 21.1. The summed E-state index contributed by atoms with van der Waals surface area (Å²) in [6.07, 6.45) is 7.76. The average molecular weight is 403 g/mol. The van der Waals surface area contributed by atoms with Crippen molar-refractivity contribution in [2.75, 3.05) is 18.4 Å². The van der Waals surface area contributed by atoms with Gasteiger partial charge in [0.05, 0.1) is 11.4 Å². The van der Waals surface area contributed by atoms with Crippen molar-refractivity contribution in [1.82, 2.24) is 29.6 Å². The molecule has 0 spiro atoms. The fraction of sp³-hybridized carbons (Fsp3) is 0.318. The maximum Gasteiger partial charge on any atom is 0.246 e. The van der Waals surface area contributed by atoms with Gasteiger partial charge in [-0.25, -0.2) is 15.0 Å². The third kappa shape index (κ3) is 4.37. The third-order valence-electron chi connectivity index (χ3n) is 5.29. The zero-order valence-corrected chi connectivity index (χ0v) is 17.4. The van der Waals surface area contributed by atoms with Crippen LogP contribution in [0.4, 0.5) is 11.6 Å². The fourth-order valence-corrected chi connectivity index (χ4v) is 3.61. The number of amides is 1. The maximum atomic E-state index is 12.6. The van der Waals surface area contributed by atoms with Crippen molar-refractivity contribution in [2.45, 2.75) is 26.2 Å². The predicted octanol–water partition coefficient (Wildman–Crippen LogP) is 2.99. The van der Waals surface area contributed by atoms with Crippen LogP contribution in [0.5, 0.6) is 0 Å². The molecule has 0 bridgehead atoms. The lowest BCUT2D eigenvalue weighted by atomic mass is 10.0. The molecule has 1 aliphatic heterocycles. The summed E-state index contributed by atoms with van der Waals surface area (Å²) in [7, 11) is 1.85. The van der Waals surface area contributed by atoms with Gasteiger partial charge in [0.25, 0.3) is 0 Å². The van der Waals surface area contributed by atoms with Crippen LogP contribution >= 0.6 is 0 Å². The summed E-state index contributed by atoms with van der Waals surface area (Å²) < 4.78 is 1.73. The normalized spacial score (nSPS) is 16.4. The minimum Gasteiger partial charge on any atom is -0.338 e. The quantitative estimate of drug-likeness (QED) is 0.659. The molecule has 1 unspecified atom stereocenters. The van der Waals surface area contributed by atoms with Crippen LogP contribution in [0.15, 0.2) is 42.7 Å². The molecular formula is C22H25N7O. The number of aryl methyl sites for hydroxylation is 3. The van der Waals surface area contributed by atoms with Crippen LogP contribution < -0.4 is 5.32 Å². The Labute approximate surface area is 175 Å². The summed E-state index contributed by atoms with van der Waals surface area (Å²) in [6, 6.07) is 7.75. The first kappa shape index (κ1) is 19.8. The number of rotatable bonds is 5. The standard InChI is InChI=1S/C22H25N7O/c1-15-5-4-10-23-22(15)27-20-13-19(25-16(2)26-20)17-9-12-29(14-17)21(30)7-6-18-8-11-24-28(18)3/h4-8,10-11,13,17H,9,12,14H2,1-3H3,(H,23,25,26,27). The molecular weight excluding hydrogens is 378 g/mol. The van der Waals surface area contributed by atoms with Gasteiger partial charge in [-0.2, -0.15) is 5.10 Å². The minimum atomic E-state index is 0.00642. The summed E-state index contributed by atoms with van der Waals surface area (Å²) in [5.74, 6) is 2.40. The minimum absolute atomic E-state index is 0.00642. The molecule has 30 heavy (non-hydrogen) atoms. The Balaban J connectivity index is 1.45. The Bertz CT molecular complexity index is 1090.